The number of nitrogens with zero attached hydrogens (tertiary/aromatic N) is 1. The van der Waals surface area contributed by atoms with Crippen LogP contribution in [0.4, 0.5) is 0 Å². The van der Waals surface area contributed by atoms with Crippen LogP contribution in [0.25, 0.3) is 10.9 Å². The molecule has 1 fully saturated rings. The molecule has 0 bridgehead atoms. The van der Waals surface area contributed by atoms with Gasteiger partial charge in [0.25, 0.3) is 5.91 Å². The summed E-state index contributed by atoms with van der Waals surface area (Å²) in [7, 11) is 0. The average molecular weight is 447 g/mol. The first-order chi connectivity index (χ1) is 16.0. The summed E-state index contributed by atoms with van der Waals surface area (Å²) in [4.78, 5) is 42.7. The second kappa shape index (κ2) is 10.3. The first-order valence-corrected chi connectivity index (χ1v) is 11.5. The summed E-state index contributed by atoms with van der Waals surface area (Å²) >= 11 is 0. The standard InChI is InChI=1S/C26H30N4O3/c1-18(14-21-15-27-23-12-6-5-11-22(21)23)29-26(33)20-10-7-13-30(17-20)24(31)16-28-25(32)19-8-3-2-4-9-19/h2-6,8-9,11-12,15,18,20,27H,7,10,13-14,16-17H2,1H3,(H,28,32)(H,29,33)/t18-,20-/m0/s1. The van der Waals surface area contributed by atoms with Gasteiger partial charge < -0.3 is 20.5 Å². The number of hydrogen-bond acceptors (Lipinski definition) is 3. The Kier molecular flexibility index (Phi) is 7.07. The zero-order valence-electron chi connectivity index (χ0n) is 18.8. The Bertz CT molecular complexity index is 1120. The number of carbonyl (C=O) groups is 3. The van der Waals surface area contributed by atoms with Crippen LogP contribution < -0.4 is 10.6 Å². The van der Waals surface area contributed by atoms with E-state index in [0.717, 1.165) is 24.8 Å². The largest absolute Gasteiger partial charge is 0.361 e. The van der Waals surface area contributed by atoms with Crippen molar-refractivity contribution in [2.75, 3.05) is 19.6 Å². The molecule has 3 amide bonds. The predicted octanol–water partition coefficient (Wildman–Crippen LogP) is 2.88. The number of benzene rings is 2. The Morgan fingerprint density at radius 3 is 2.67 bits per heavy atom. The SMILES string of the molecule is C[C@@H](Cc1c[nH]c2ccccc12)NC(=O)[C@H]1CCCN(C(=O)CNC(=O)c2ccccc2)C1. The van der Waals surface area contributed by atoms with Gasteiger partial charge in [-0.15, -0.1) is 0 Å². The summed E-state index contributed by atoms with van der Waals surface area (Å²) in [6, 6.07) is 16.9. The quantitative estimate of drug-likeness (QED) is 0.521. The fourth-order valence-corrected chi connectivity index (χ4v) is 4.42. The molecule has 2 atom stereocenters. The highest BCUT2D eigenvalue weighted by Crippen LogP contribution is 2.20. The molecule has 1 aliphatic rings. The van der Waals surface area contributed by atoms with Crippen LogP contribution in [-0.2, 0) is 16.0 Å². The van der Waals surface area contributed by atoms with Crippen molar-refractivity contribution in [3.8, 4) is 0 Å². The minimum Gasteiger partial charge on any atom is -0.361 e. The average Bonchev–Trinajstić information content (AvgIpc) is 3.25. The summed E-state index contributed by atoms with van der Waals surface area (Å²) in [6.45, 7) is 2.92. The van der Waals surface area contributed by atoms with Gasteiger partial charge in [0.05, 0.1) is 12.5 Å². The van der Waals surface area contributed by atoms with Gasteiger partial charge in [0.1, 0.15) is 0 Å². The number of H-pyrrole nitrogens is 1. The molecule has 3 N–H and O–H groups in total. The minimum absolute atomic E-state index is 0.0202. The topological polar surface area (TPSA) is 94.3 Å². The van der Waals surface area contributed by atoms with Gasteiger partial charge in [-0.1, -0.05) is 36.4 Å². The smallest absolute Gasteiger partial charge is 0.251 e. The molecule has 3 aromatic rings. The van der Waals surface area contributed by atoms with Gasteiger partial charge in [-0.2, -0.15) is 0 Å². The third kappa shape index (κ3) is 5.61. The molecule has 0 unspecified atom stereocenters. The van der Waals surface area contributed by atoms with Gasteiger partial charge in [0.15, 0.2) is 0 Å². The zero-order valence-corrected chi connectivity index (χ0v) is 18.8. The van der Waals surface area contributed by atoms with E-state index in [2.05, 4.69) is 21.7 Å². The molecule has 0 radical (unpaired) electrons. The molecular formula is C26H30N4O3. The second-order valence-corrected chi connectivity index (χ2v) is 8.70. The number of hydrogen-bond donors (Lipinski definition) is 3. The molecule has 7 nitrogen and oxygen atoms in total. The first-order valence-electron chi connectivity index (χ1n) is 11.5. The molecule has 172 valence electrons. The molecule has 2 aromatic carbocycles. The Hall–Kier alpha value is -3.61. The van der Waals surface area contributed by atoms with E-state index >= 15 is 0 Å². The lowest BCUT2D eigenvalue weighted by Crippen LogP contribution is -2.49. The maximum Gasteiger partial charge on any atom is 0.251 e. The summed E-state index contributed by atoms with van der Waals surface area (Å²) in [5.74, 6) is -0.698. The van der Waals surface area contributed by atoms with Crippen LogP contribution >= 0.6 is 0 Å². The summed E-state index contributed by atoms with van der Waals surface area (Å²) in [5, 5.41) is 6.97. The van der Waals surface area contributed by atoms with E-state index in [4.69, 9.17) is 0 Å². The molecule has 1 aromatic heterocycles. The maximum absolute atomic E-state index is 12.9. The Morgan fingerprint density at radius 2 is 1.85 bits per heavy atom. The fourth-order valence-electron chi connectivity index (χ4n) is 4.42. The number of aromatic nitrogens is 1. The van der Waals surface area contributed by atoms with Crippen molar-refractivity contribution in [1.82, 2.24) is 20.5 Å². The number of carbonyl (C=O) groups excluding carboxylic acids is 3. The third-order valence-electron chi connectivity index (χ3n) is 6.17. The lowest BCUT2D eigenvalue weighted by atomic mass is 9.96. The molecule has 1 saturated heterocycles. The van der Waals surface area contributed by atoms with Crippen molar-refractivity contribution in [2.24, 2.45) is 5.92 Å². The van der Waals surface area contributed by atoms with Crippen LogP contribution in [-0.4, -0.2) is 53.3 Å². The monoisotopic (exact) mass is 446 g/mol. The van der Waals surface area contributed by atoms with Gasteiger partial charge in [-0.3, -0.25) is 14.4 Å². The Labute approximate surface area is 193 Å². The Morgan fingerprint density at radius 1 is 1.09 bits per heavy atom. The van der Waals surface area contributed by atoms with Gasteiger partial charge in [-0.25, -0.2) is 0 Å². The molecule has 4 rings (SSSR count). The van der Waals surface area contributed by atoms with Crippen LogP contribution in [0.2, 0.25) is 0 Å². The van der Waals surface area contributed by atoms with Crippen LogP contribution in [0.15, 0.2) is 60.8 Å². The van der Waals surface area contributed by atoms with Crippen LogP contribution in [0.3, 0.4) is 0 Å². The number of para-hydroxylation sites is 1. The summed E-state index contributed by atoms with van der Waals surface area (Å²) in [6.07, 6.45) is 4.26. The minimum atomic E-state index is -0.277. The number of nitrogens with one attached hydrogen (secondary N) is 3. The predicted molar refractivity (Wildman–Crippen MR) is 128 cm³/mol. The third-order valence-corrected chi connectivity index (χ3v) is 6.17. The first kappa shape index (κ1) is 22.6. The van der Waals surface area contributed by atoms with E-state index in [-0.39, 0.29) is 36.2 Å². The van der Waals surface area contributed by atoms with Crippen molar-refractivity contribution < 1.29 is 14.4 Å². The number of aromatic amines is 1. The number of likely N-dealkylation sites (tertiary alicyclic amines) is 1. The highest BCUT2D eigenvalue weighted by atomic mass is 16.2. The van der Waals surface area contributed by atoms with Crippen LogP contribution in [0, 0.1) is 5.92 Å². The van der Waals surface area contributed by atoms with Crippen molar-refractivity contribution in [2.45, 2.75) is 32.2 Å². The van der Waals surface area contributed by atoms with Crippen molar-refractivity contribution in [1.29, 1.82) is 0 Å². The molecule has 0 spiro atoms. The van der Waals surface area contributed by atoms with Crippen molar-refractivity contribution >= 4 is 28.6 Å². The number of piperidine rings is 1. The number of rotatable bonds is 7. The number of amides is 3. The van der Waals surface area contributed by atoms with Crippen molar-refractivity contribution in [3.05, 3.63) is 71.9 Å². The van der Waals surface area contributed by atoms with E-state index in [1.54, 1.807) is 29.2 Å². The van der Waals surface area contributed by atoms with Gasteiger partial charge >= 0.3 is 0 Å². The molecule has 0 aliphatic carbocycles. The molecule has 0 saturated carbocycles. The Balaban J connectivity index is 1.27. The van der Waals surface area contributed by atoms with E-state index in [9.17, 15) is 14.4 Å². The normalized spacial score (nSPS) is 16.9. The van der Waals surface area contributed by atoms with Crippen molar-refractivity contribution in [3.63, 3.8) is 0 Å². The number of fused-ring (bicyclic) bond motifs is 1. The zero-order chi connectivity index (χ0) is 23.2. The highest BCUT2D eigenvalue weighted by molar-refractivity contribution is 5.96. The van der Waals surface area contributed by atoms with E-state index in [1.165, 1.54) is 10.9 Å². The molecule has 33 heavy (non-hydrogen) atoms. The van der Waals surface area contributed by atoms with Gasteiger partial charge in [-0.05, 0) is 49.9 Å². The summed E-state index contributed by atoms with van der Waals surface area (Å²) in [5.41, 5.74) is 2.78. The van der Waals surface area contributed by atoms with Crippen LogP contribution in [0.5, 0.6) is 0 Å². The van der Waals surface area contributed by atoms with E-state index < -0.39 is 0 Å². The highest BCUT2D eigenvalue weighted by Gasteiger charge is 2.29. The van der Waals surface area contributed by atoms with Gasteiger partial charge in [0, 0.05) is 41.8 Å². The fraction of sp³-hybridized carbons (Fsp3) is 0.346. The van der Waals surface area contributed by atoms with E-state index in [0.29, 0.717) is 18.7 Å². The molecular weight excluding hydrogens is 416 g/mol. The summed E-state index contributed by atoms with van der Waals surface area (Å²) < 4.78 is 0. The van der Waals surface area contributed by atoms with E-state index in [1.807, 2.05) is 37.4 Å². The lowest BCUT2D eigenvalue weighted by Gasteiger charge is -2.32. The lowest BCUT2D eigenvalue weighted by molar-refractivity contribution is -0.135. The van der Waals surface area contributed by atoms with Gasteiger partial charge in [0.2, 0.25) is 11.8 Å². The second-order valence-electron chi connectivity index (χ2n) is 8.70. The molecule has 1 aliphatic heterocycles. The molecule has 7 heteroatoms. The van der Waals surface area contributed by atoms with Crippen LogP contribution in [0.1, 0.15) is 35.7 Å². The maximum atomic E-state index is 12.9. The molecule has 2 heterocycles.